The van der Waals surface area contributed by atoms with Crippen LogP contribution in [-0.4, -0.2) is 12.3 Å². The van der Waals surface area contributed by atoms with Crippen molar-refractivity contribution in [1.29, 1.82) is 0 Å². The van der Waals surface area contributed by atoms with Gasteiger partial charge in [-0.2, -0.15) is 0 Å². The fourth-order valence-electron chi connectivity index (χ4n) is 2.36. The number of fused-ring (bicyclic) bond motifs is 1. The average Bonchev–Trinajstić information content (AvgIpc) is 3.06. The molecule has 2 nitrogen and oxygen atoms in total. The van der Waals surface area contributed by atoms with Crippen molar-refractivity contribution in [3.8, 4) is 0 Å². The predicted molar refractivity (Wildman–Crippen MR) is 75.0 cm³/mol. The van der Waals surface area contributed by atoms with Gasteiger partial charge in [-0.25, -0.2) is 0 Å². The molecule has 0 saturated carbocycles. The van der Waals surface area contributed by atoms with Gasteiger partial charge in [-0.3, -0.25) is 0 Å². The van der Waals surface area contributed by atoms with Crippen molar-refractivity contribution in [3.05, 3.63) is 54.0 Å². The van der Waals surface area contributed by atoms with Crippen molar-refractivity contribution in [1.82, 2.24) is 5.32 Å². The van der Waals surface area contributed by atoms with Crippen molar-refractivity contribution in [2.24, 2.45) is 0 Å². The van der Waals surface area contributed by atoms with Crippen LogP contribution in [0, 0.1) is 0 Å². The lowest BCUT2D eigenvalue weighted by molar-refractivity contribution is 0.424. The van der Waals surface area contributed by atoms with Crippen LogP contribution >= 0.6 is 11.8 Å². The summed E-state index contributed by atoms with van der Waals surface area (Å²) in [4.78, 5) is 1.44. The Morgan fingerprint density at radius 3 is 3.06 bits per heavy atom. The molecular weight excluding hydrogens is 242 g/mol. The molecular formula is C15H17NOS. The molecule has 0 radical (unpaired) electrons. The molecule has 0 amide bonds. The average molecular weight is 259 g/mol. The second kappa shape index (κ2) is 5.21. The van der Waals surface area contributed by atoms with Gasteiger partial charge in [0.15, 0.2) is 0 Å². The van der Waals surface area contributed by atoms with Gasteiger partial charge in [-0.05, 0) is 30.7 Å². The van der Waals surface area contributed by atoms with E-state index < -0.39 is 0 Å². The van der Waals surface area contributed by atoms with E-state index in [0.29, 0.717) is 5.92 Å². The Morgan fingerprint density at radius 1 is 1.33 bits per heavy atom. The third-order valence-electron chi connectivity index (χ3n) is 3.44. The fourth-order valence-corrected chi connectivity index (χ4v) is 3.61. The van der Waals surface area contributed by atoms with Crippen molar-refractivity contribution < 1.29 is 4.42 Å². The Kier molecular flexibility index (Phi) is 3.43. The summed E-state index contributed by atoms with van der Waals surface area (Å²) in [5.41, 5.74) is 1.49. The van der Waals surface area contributed by atoms with Crippen molar-refractivity contribution >= 4 is 11.8 Å². The first-order chi connectivity index (χ1) is 8.84. The summed E-state index contributed by atoms with van der Waals surface area (Å²) in [5.74, 6) is 2.80. The third-order valence-corrected chi connectivity index (χ3v) is 4.69. The summed E-state index contributed by atoms with van der Waals surface area (Å²) in [6.07, 6.45) is 1.73. The number of nitrogens with one attached hydrogen (secondary N) is 1. The molecule has 3 heteroatoms. The summed E-state index contributed by atoms with van der Waals surface area (Å²) in [6, 6.07) is 13.0. The molecule has 1 unspecified atom stereocenters. The topological polar surface area (TPSA) is 25.2 Å². The summed E-state index contributed by atoms with van der Waals surface area (Å²) < 4.78 is 5.41. The highest BCUT2D eigenvalue weighted by Crippen LogP contribution is 2.39. The molecule has 0 spiro atoms. The molecule has 0 fully saturated rings. The van der Waals surface area contributed by atoms with E-state index >= 15 is 0 Å². The summed E-state index contributed by atoms with van der Waals surface area (Å²) in [6.45, 7) is 3.15. The van der Waals surface area contributed by atoms with Gasteiger partial charge in [0.05, 0.1) is 12.3 Å². The standard InChI is InChI=1S/C15H17NOS/c1-11(14-6-4-8-17-14)16-9-12-10-18-15-7-3-2-5-13(12)15/h2-8,11-12,16H,9-10H2,1H3/t11-,12?/m0/s1. The lowest BCUT2D eigenvalue weighted by Crippen LogP contribution is -2.24. The highest BCUT2D eigenvalue weighted by Gasteiger charge is 2.23. The first-order valence-electron chi connectivity index (χ1n) is 6.33. The first kappa shape index (κ1) is 11.9. The maximum Gasteiger partial charge on any atom is 0.120 e. The zero-order valence-electron chi connectivity index (χ0n) is 10.4. The molecule has 3 rings (SSSR count). The van der Waals surface area contributed by atoms with Crippen LogP contribution in [-0.2, 0) is 0 Å². The van der Waals surface area contributed by atoms with E-state index in [1.54, 1.807) is 6.26 Å². The van der Waals surface area contributed by atoms with Crippen LogP contribution in [0.5, 0.6) is 0 Å². The summed E-state index contributed by atoms with van der Waals surface area (Å²) >= 11 is 1.96. The maximum absolute atomic E-state index is 5.41. The van der Waals surface area contributed by atoms with Crippen molar-refractivity contribution in [2.45, 2.75) is 23.8 Å². The lowest BCUT2D eigenvalue weighted by atomic mass is 10.0. The molecule has 0 saturated heterocycles. The van der Waals surface area contributed by atoms with Crippen LogP contribution in [0.3, 0.4) is 0 Å². The largest absolute Gasteiger partial charge is 0.468 e. The fraction of sp³-hybridized carbons (Fsp3) is 0.333. The molecule has 1 aromatic heterocycles. The second-order valence-electron chi connectivity index (χ2n) is 4.69. The van der Waals surface area contributed by atoms with Crippen molar-refractivity contribution in [2.75, 3.05) is 12.3 Å². The van der Waals surface area contributed by atoms with Gasteiger partial charge >= 0.3 is 0 Å². The Labute approximate surface area is 112 Å². The van der Waals surface area contributed by atoms with Crippen LogP contribution in [0.1, 0.15) is 30.2 Å². The van der Waals surface area contributed by atoms with Gasteiger partial charge in [0.25, 0.3) is 0 Å². The number of furan rings is 1. The normalized spacial score (nSPS) is 19.7. The Bertz CT molecular complexity index is 509. The van der Waals surface area contributed by atoms with Crippen LogP contribution in [0.2, 0.25) is 0 Å². The van der Waals surface area contributed by atoms with E-state index in [1.165, 1.54) is 16.2 Å². The molecule has 0 bridgehead atoms. The molecule has 1 aliphatic rings. The molecule has 1 aliphatic heterocycles. The van der Waals surface area contributed by atoms with Gasteiger partial charge in [0.1, 0.15) is 5.76 Å². The van der Waals surface area contributed by atoms with Crippen LogP contribution in [0.4, 0.5) is 0 Å². The molecule has 0 aliphatic carbocycles. The monoisotopic (exact) mass is 259 g/mol. The van der Waals surface area contributed by atoms with E-state index in [-0.39, 0.29) is 6.04 Å². The van der Waals surface area contributed by atoms with Crippen LogP contribution < -0.4 is 5.32 Å². The number of rotatable bonds is 4. The molecule has 1 N–H and O–H groups in total. The Morgan fingerprint density at radius 2 is 2.22 bits per heavy atom. The number of thioether (sulfide) groups is 1. The predicted octanol–water partition coefficient (Wildman–Crippen LogP) is 3.82. The SMILES string of the molecule is C[C@H](NCC1CSc2ccccc21)c1ccco1. The number of hydrogen-bond donors (Lipinski definition) is 1. The first-order valence-corrected chi connectivity index (χ1v) is 7.31. The summed E-state index contributed by atoms with van der Waals surface area (Å²) in [7, 11) is 0. The summed E-state index contributed by atoms with van der Waals surface area (Å²) in [5, 5.41) is 3.56. The van der Waals surface area contributed by atoms with Gasteiger partial charge in [-0.15, -0.1) is 11.8 Å². The maximum atomic E-state index is 5.41. The Balaban J connectivity index is 1.62. The van der Waals surface area contributed by atoms with E-state index in [9.17, 15) is 0 Å². The number of benzene rings is 1. The Hall–Kier alpha value is -1.19. The molecule has 1 aromatic carbocycles. The zero-order valence-corrected chi connectivity index (χ0v) is 11.2. The molecule has 94 valence electrons. The van der Waals surface area contributed by atoms with Gasteiger partial charge < -0.3 is 9.73 Å². The molecule has 18 heavy (non-hydrogen) atoms. The van der Waals surface area contributed by atoms with Gasteiger partial charge in [-0.1, -0.05) is 18.2 Å². The second-order valence-corrected chi connectivity index (χ2v) is 5.75. The van der Waals surface area contributed by atoms with Crippen molar-refractivity contribution in [3.63, 3.8) is 0 Å². The van der Waals surface area contributed by atoms with Gasteiger partial charge in [0.2, 0.25) is 0 Å². The third kappa shape index (κ3) is 2.33. The minimum atomic E-state index is 0.276. The highest BCUT2D eigenvalue weighted by atomic mass is 32.2. The van der Waals surface area contributed by atoms with E-state index in [2.05, 4.69) is 36.5 Å². The quantitative estimate of drug-likeness (QED) is 0.903. The number of hydrogen-bond acceptors (Lipinski definition) is 3. The molecule has 2 atom stereocenters. The molecule has 2 heterocycles. The van der Waals surface area contributed by atoms with E-state index in [0.717, 1.165) is 12.3 Å². The van der Waals surface area contributed by atoms with E-state index in [1.807, 2.05) is 23.9 Å². The van der Waals surface area contributed by atoms with Crippen LogP contribution in [0.15, 0.2) is 52.0 Å². The molecule has 2 aromatic rings. The lowest BCUT2D eigenvalue weighted by Gasteiger charge is -2.16. The smallest absolute Gasteiger partial charge is 0.120 e. The highest BCUT2D eigenvalue weighted by molar-refractivity contribution is 7.99. The zero-order chi connectivity index (χ0) is 12.4. The van der Waals surface area contributed by atoms with Gasteiger partial charge in [0, 0.05) is 23.1 Å². The van der Waals surface area contributed by atoms with Crippen LogP contribution in [0.25, 0.3) is 0 Å². The minimum absolute atomic E-state index is 0.276. The van der Waals surface area contributed by atoms with E-state index in [4.69, 9.17) is 4.42 Å². The minimum Gasteiger partial charge on any atom is -0.468 e.